The van der Waals surface area contributed by atoms with Gasteiger partial charge in [-0.05, 0) is 49.9 Å². The number of likely N-dealkylation sites (tertiary alicyclic amines) is 1. The molecule has 1 spiro atoms. The summed E-state index contributed by atoms with van der Waals surface area (Å²) in [5.74, 6) is 1.14. The summed E-state index contributed by atoms with van der Waals surface area (Å²) in [5.41, 5.74) is 0.374. The predicted molar refractivity (Wildman–Crippen MR) is 81.0 cm³/mol. The van der Waals surface area contributed by atoms with Gasteiger partial charge in [0.25, 0.3) is 0 Å². The first-order chi connectivity index (χ1) is 10.3. The summed E-state index contributed by atoms with van der Waals surface area (Å²) < 4.78 is 5.50. The number of hydrogen-bond donors (Lipinski definition) is 1. The quantitative estimate of drug-likeness (QED) is 0.803. The zero-order valence-electron chi connectivity index (χ0n) is 13.0. The van der Waals surface area contributed by atoms with Crippen LogP contribution in [0.2, 0.25) is 0 Å². The molecule has 3 aliphatic heterocycles. The third kappa shape index (κ3) is 2.61. The Labute approximate surface area is 127 Å². The van der Waals surface area contributed by atoms with E-state index in [9.17, 15) is 4.79 Å². The fourth-order valence-corrected chi connectivity index (χ4v) is 5.07. The van der Waals surface area contributed by atoms with Crippen LogP contribution in [0.3, 0.4) is 0 Å². The molecule has 0 aromatic rings. The molecule has 4 aliphatic rings. The first-order valence-corrected chi connectivity index (χ1v) is 8.88. The van der Waals surface area contributed by atoms with Crippen LogP contribution in [0.4, 0.5) is 0 Å². The molecule has 4 heteroatoms. The van der Waals surface area contributed by atoms with Crippen LogP contribution in [0, 0.1) is 11.3 Å². The van der Waals surface area contributed by atoms with Gasteiger partial charge >= 0.3 is 0 Å². The van der Waals surface area contributed by atoms with E-state index in [0.29, 0.717) is 17.4 Å². The van der Waals surface area contributed by atoms with Crippen LogP contribution in [0.25, 0.3) is 0 Å². The van der Waals surface area contributed by atoms with Gasteiger partial charge in [0, 0.05) is 32.3 Å². The van der Waals surface area contributed by atoms with E-state index >= 15 is 0 Å². The molecule has 3 unspecified atom stereocenters. The SMILES string of the molecule is O=C(C1CC2CCCCC2N1)N1CCC2(CCOCC2)C1. The summed E-state index contributed by atoms with van der Waals surface area (Å²) in [6.45, 7) is 3.71. The van der Waals surface area contributed by atoms with E-state index < -0.39 is 0 Å². The van der Waals surface area contributed by atoms with E-state index in [1.165, 1.54) is 32.1 Å². The molecule has 3 heterocycles. The molecule has 0 radical (unpaired) electrons. The minimum atomic E-state index is 0.105. The van der Waals surface area contributed by atoms with Gasteiger partial charge in [-0.3, -0.25) is 4.79 Å². The lowest BCUT2D eigenvalue weighted by Gasteiger charge is -2.33. The summed E-state index contributed by atoms with van der Waals surface area (Å²) in [5, 5.41) is 3.64. The minimum Gasteiger partial charge on any atom is -0.381 e. The number of amides is 1. The molecule has 1 aliphatic carbocycles. The molecule has 0 aromatic heterocycles. The van der Waals surface area contributed by atoms with E-state index in [2.05, 4.69) is 10.2 Å². The van der Waals surface area contributed by atoms with Gasteiger partial charge in [-0.1, -0.05) is 12.8 Å². The molecular formula is C17H28N2O2. The summed E-state index contributed by atoms with van der Waals surface area (Å²) in [7, 11) is 0. The van der Waals surface area contributed by atoms with Crippen molar-refractivity contribution in [3.05, 3.63) is 0 Å². The number of nitrogens with zero attached hydrogens (tertiary/aromatic N) is 1. The van der Waals surface area contributed by atoms with Crippen LogP contribution < -0.4 is 5.32 Å². The second-order valence-electron chi connectivity index (χ2n) is 7.73. The van der Waals surface area contributed by atoms with Crippen molar-refractivity contribution in [2.24, 2.45) is 11.3 Å². The maximum Gasteiger partial charge on any atom is 0.239 e. The van der Waals surface area contributed by atoms with E-state index in [0.717, 1.165) is 51.5 Å². The van der Waals surface area contributed by atoms with Crippen molar-refractivity contribution in [3.63, 3.8) is 0 Å². The fraction of sp³-hybridized carbons (Fsp3) is 0.941. The normalized spacial score (nSPS) is 38.7. The number of fused-ring (bicyclic) bond motifs is 1. The summed E-state index contributed by atoms with van der Waals surface area (Å²) >= 11 is 0. The molecule has 0 aromatic carbocycles. The Morgan fingerprint density at radius 2 is 1.95 bits per heavy atom. The van der Waals surface area contributed by atoms with Crippen LogP contribution in [0.15, 0.2) is 0 Å². The van der Waals surface area contributed by atoms with Crippen LogP contribution in [0.5, 0.6) is 0 Å². The maximum absolute atomic E-state index is 12.8. The van der Waals surface area contributed by atoms with E-state index in [4.69, 9.17) is 4.74 Å². The highest BCUT2D eigenvalue weighted by Gasteiger charge is 2.45. The summed E-state index contributed by atoms with van der Waals surface area (Å²) in [6, 6.07) is 0.723. The van der Waals surface area contributed by atoms with Crippen molar-refractivity contribution in [3.8, 4) is 0 Å². The molecule has 118 valence electrons. The highest BCUT2D eigenvalue weighted by atomic mass is 16.5. The van der Waals surface area contributed by atoms with Gasteiger partial charge in [0.15, 0.2) is 0 Å². The Morgan fingerprint density at radius 1 is 1.14 bits per heavy atom. The smallest absolute Gasteiger partial charge is 0.239 e. The van der Waals surface area contributed by atoms with Crippen LogP contribution >= 0.6 is 0 Å². The third-order valence-corrected chi connectivity index (χ3v) is 6.46. The van der Waals surface area contributed by atoms with Gasteiger partial charge in [-0.25, -0.2) is 0 Å². The molecule has 1 saturated carbocycles. The zero-order chi connectivity index (χ0) is 14.3. The molecular weight excluding hydrogens is 264 g/mol. The molecule has 4 nitrogen and oxygen atoms in total. The Balaban J connectivity index is 1.37. The van der Waals surface area contributed by atoms with Gasteiger partial charge in [-0.2, -0.15) is 0 Å². The molecule has 0 bridgehead atoms. The van der Waals surface area contributed by atoms with Crippen molar-refractivity contribution in [1.82, 2.24) is 10.2 Å². The minimum absolute atomic E-state index is 0.105. The molecule has 4 fully saturated rings. The van der Waals surface area contributed by atoms with Crippen molar-refractivity contribution < 1.29 is 9.53 Å². The highest BCUT2D eigenvalue weighted by Crippen LogP contribution is 2.41. The first kappa shape index (κ1) is 14.0. The fourth-order valence-electron chi connectivity index (χ4n) is 5.07. The average Bonchev–Trinajstić information content (AvgIpc) is 3.12. The van der Waals surface area contributed by atoms with Crippen LogP contribution in [0.1, 0.15) is 51.4 Å². The lowest BCUT2D eigenvalue weighted by Crippen LogP contribution is -2.45. The van der Waals surface area contributed by atoms with E-state index in [1.807, 2.05) is 0 Å². The van der Waals surface area contributed by atoms with Crippen molar-refractivity contribution >= 4 is 5.91 Å². The van der Waals surface area contributed by atoms with Crippen LogP contribution in [-0.4, -0.2) is 49.2 Å². The second kappa shape index (κ2) is 5.54. The Hall–Kier alpha value is -0.610. The van der Waals surface area contributed by atoms with Crippen molar-refractivity contribution in [2.45, 2.75) is 63.5 Å². The molecule has 3 saturated heterocycles. The van der Waals surface area contributed by atoms with Gasteiger partial charge in [-0.15, -0.1) is 0 Å². The van der Waals surface area contributed by atoms with Crippen molar-refractivity contribution in [1.29, 1.82) is 0 Å². The zero-order valence-corrected chi connectivity index (χ0v) is 13.0. The number of carbonyl (C=O) groups excluding carboxylic acids is 1. The maximum atomic E-state index is 12.8. The Kier molecular flexibility index (Phi) is 3.70. The topological polar surface area (TPSA) is 41.6 Å². The number of ether oxygens (including phenoxy) is 1. The van der Waals surface area contributed by atoms with Crippen LogP contribution in [-0.2, 0) is 9.53 Å². The molecule has 4 rings (SSSR count). The van der Waals surface area contributed by atoms with Gasteiger partial charge in [0.2, 0.25) is 5.91 Å². The van der Waals surface area contributed by atoms with Gasteiger partial charge in [0.1, 0.15) is 0 Å². The molecule has 1 N–H and O–H groups in total. The first-order valence-electron chi connectivity index (χ1n) is 8.88. The Morgan fingerprint density at radius 3 is 2.76 bits per heavy atom. The monoisotopic (exact) mass is 292 g/mol. The standard InChI is InChI=1S/C17H28N2O2/c20-16(15-11-13-3-1-2-4-14(13)18-15)19-8-5-17(12-19)6-9-21-10-7-17/h13-15,18H,1-12H2. The van der Waals surface area contributed by atoms with E-state index in [-0.39, 0.29) is 6.04 Å². The lowest BCUT2D eigenvalue weighted by molar-refractivity contribution is -0.132. The van der Waals surface area contributed by atoms with Gasteiger partial charge < -0.3 is 15.0 Å². The number of nitrogens with one attached hydrogen (secondary N) is 1. The largest absolute Gasteiger partial charge is 0.381 e. The molecule has 3 atom stereocenters. The summed E-state index contributed by atoms with van der Waals surface area (Å²) in [6.07, 6.45) is 9.83. The number of hydrogen-bond acceptors (Lipinski definition) is 3. The second-order valence-corrected chi connectivity index (χ2v) is 7.73. The predicted octanol–water partition coefficient (Wildman–Crippen LogP) is 1.94. The molecule has 1 amide bonds. The number of rotatable bonds is 1. The lowest BCUT2D eigenvalue weighted by atomic mass is 9.80. The van der Waals surface area contributed by atoms with Crippen molar-refractivity contribution in [2.75, 3.05) is 26.3 Å². The van der Waals surface area contributed by atoms with Gasteiger partial charge in [0.05, 0.1) is 6.04 Å². The third-order valence-electron chi connectivity index (χ3n) is 6.46. The Bertz CT molecular complexity index is 392. The molecule has 21 heavy (non-hydrogen) atoms. The average molecular weight is 292 g/mol. The number of carbonyl (C=O) groups is 1. The highest BCUT2D eigenvalue weighted by molar-refractivity contribution is 5.82. The summed E-state index contributed by atoms with van der Waals surface area (Å²) in [4.78, 5) is 15.0. The van der Waals surface area contributed by atoms with E-state index in [1.54, 1.807) is 0 Å².